The molecule has 0 bridgehead atoms. The maximum absolute atomic E-state index is 11.8. The fourth-order valence-electron chi connectivity index (χ4n) is 2.06. The van der Waals surface area contributed by atoms with Crippen molar-refractivity contribution in [2.75, 3.05) is 5.75 Å². The summed E-state index contributed by atoms with van der Waals surface area (Å²) in [6.07, 6.45) is -0.0725. The van der Waals surface area contributed by atoms with Crippen LogP contribution >= 0.6 is 11.6 Å². The van der Waals surface area contributed by atoms with E-state index in [-0.39, 0.29) is 35.8 Å². The summed E-state index contributed by atoms with van der Waals surface area (Å²) in [7, 11) is -3.65. The average molecular weight is 332 g/mol. The molecule has 0 aromatic heterocycles. The lowest BCUT2D eigenvalue weighted by Gasteiger charge is -2.11. The van der Waals surface area contributed by atoms with Crippen LogP contribution in [0.4, 0.5) is 0 Å². The fourth-order valence-corrected chi connectivity index (χ4v) is 3.53. The minimum atomic E-state index is -3.65. The maximum atomic E-state index is 11.8. The van der Waals surface area contributed by atoms with Gasteiger partial charge in [0, 0.05) is 5.02 Å². The Labute approximate surface area is 129 Å². The van der Waals surface area contributed by atoms with E-state index >= 15 is 0 Å². The summed E-state index contributed by atoms with van der Waals surface area (Å²) in [5.74, 6) is 0.0964. The first kappa shape index (κ1) is 16.0. The van der Waals surface area contributed by atoms with Gasteiger partial charge in [0.1, 0.15) is 6.10 Å². The predicted molar refractivity (Wildman–Crippen MR) is 80.8 cm³/mol. The zero-order chi connectivity index (χ0) is 15.6. The highest BCUT2D eigenvalue weighted by atomic mass is 35.5. The molecule has 2 N–H and O–H groups in total. The zero-order valence-electron chi connectivity index (χ0n) is 11.9. The molecular weight excluding hydrogens is 314 g/mol. The van der Waals surface area contributed by atoms with Gasteiger partial charge >= 0.3 is 10.1 Å². The highest BCUT2D eigenvalue weighted by molar-refractivity contribution is 7.86. The van der Waals surface area contributed by atoms with E-state index < -0.39 is 10.1 Å². The summed E-state index contributed by atoms with van der Waals surface area (Å²) in [6, 6.07) is 7.10. The van der Waals surface area contributed by atoms with Crippen LogP contribution in [0.5, 0.6) is 0 Å². The molecule has 1 heterocycles. The Balaban J connectivity index is 2.07. The van der Waals surface area contributed by atoms with Gasteiger partial charge in [0.05, 0.1) is 12.2 Å². The topological polar surface area (TPSA) is 78.6 Å². The summed E-state index contributed by atoms with van der Waals surface area (Å²) in [5, 5.41) is 0.619. The Morgan fingerprint density at radius 1 is 1.38 bits per heavy atom. The molecular formula is C14H18ClNO4S. The molecule has 0 saturated heterocycles. The van der Waals surface area contributed by atoms with Crippen molar-refractivity contribution in [3.63, 3.8) is 0 Å². The van der Waals surface area contributed by atoms with E-state index in [1.54, 1.807) is 26.0 Å². The zero-order valence-corrected chi connectivity index (χ0v) is 13.4. The summed E-state index contributed by atoms with van der Waals surface area (Å²) >= 11 is 5.83. The van der Waals surface area contributed by atoms with Crippen molar-refractivity contribution in [2.45, 2.75) is 26.4 Å². The normalized spacial score (nSPS) is 19.0. The summed E-state index contributed by atoms with van der Waals surface area (Å²) in [4.78, 5) is 0. The van der Waals surface area contributed by atoms with Crippen LogP contribution in [0.1, 0.15) is 31.9 Å². The number of ether oxygens (including phenoxy) is 1. The minimum absolute atomic E-state index is 0.0160. The molecule has 116 valence electrons. The van der Waals surface area contributed by atoms with Crippen LogP contribution < -0.4 is 5.73 Å². The molecule has 21 heavy (non-hydrogen) atoms. The highest BCUT2D eigenvalue weighted by Gasteiger charge is 2.30. The van der Waals surface area contributed by atoms with Crippen LogP contribution in [-0.2, 0) is 19.0 Å². The summed E-state index contributed by atoms with van der Waals surface area (Å²) in [5.41, 5.74) is 6.58. The fraction of sp³-hybridized carbons (Fsp3) is 0.429. The number of benzene rings is 1. The van der Waals surface area contributed by atoms with Crippen molar-refractivity contribution in [1.82, 2.24) is 0 Å². The second kappa shape index (κ2) is 6.15. The number of hydrogen-bond donors (Lipinski definition) is 1. The van der Waals surface area contributed by atoms with Gasteiger partial charge in [-0.05, 0) is 23.6 Å². The Morgan fingerprint density at radius 2 is 2.00 bits per heavy atom. The molecule has 1 aromatic rings. The third-order valence-electron chi connectivity index (χ3n) is 2.92. The van der Waals surface area contributed by atoms with Crippen LogP contribution in [-0.4, -0.2) is 14.2 Å². The number of rotatable bonds is 5. The van der Waals surface area contributed by atoms with Gasteiger partial charge < -0.3 is 14.7 Å². The van der Waals surface area contributed by atoms with Gasteiger partial charge in [-0.15, -0.1) is 0 Å². The summed E-state index contributed by atoms with van der Waals surface area (Å²) < 4.78 is 34.2. The lowest BCUT2D eigenvalue weighted by Crippen LogP contribution is -2.15. The second-order valence-corrected chi connectivity index (χ2v) is 7.40. The van der Waals surface area contributed by atoms with Crippen molar-refractivity contribution in [2.24, 2.45) is 11.7 Å². The van der Waals surface area contributed by atoms with Gasteiger partial charge in [0.2, 0.25) is 5.88 Å². The molecule has 1 unspecified atom stereocenters. The molecule has 0 radical (unpaired) electrons. The first-order valence-electron chi connectivity index (χ1n) is 6.60. The van der Waals surface area contributed by atoms with E-state index in [0.717, 1.165) is 5.56 Å². The molecule has 0 saturated carbocycles. The highest BCUT2D eigenvalue weighted by Crippen LogP contribution is 2.35. The van der Waals surface area contributed by atoms with Gasteiger partial charge in [-0.2, -0.15) is 8.42 Å². The first-order valence-corrected chi connectivity index (χ1v) is 8.55. The smallest absolute Gasteiger partial charge is 0.309 e. The van der Waals surface area contributed by atoms with Crippen molar-refractivity contribution in [3.8, 4) is 0 Å². The Kier molecular flexibility index (Phi) is 4.68. The SMILES string of the molecule is CC(C)CS(=O)(=O)OC1=C(N)OC(c2ccc(Cl)cc2)C1. The van der Waals surface area contributed by atoms with Gasteiger partial charge in [0.25, 0.3) is 0 Å². The quantitative estimate of drug-likeness (QED) is 0.839. The molecule has 7 heteroatoms. The van der Waals surface area contributed by atoms with E-state index in [2.05, 4.69) is 0 Å². The molecule has 2 rings (SSSR count). The molecule has 0 spiro atoms. The third kappa shape index (κ3) is 4.28. The van der Waals surface area contributed by atoms with Gasteiger partial charge in [-0.25, -0.2) is 0 Å². The van der Waals surface area contributed by atoms with Crippen molar-refractivity contribution < 1.29 is 17.3 Å². The average Bonchev–Trinajstić information content (AvgIpc) is 2.69. The first-order chi connectivity index (χ1) is 9.77. The van der Waals surface area contributed by atoms with E-state index in [1.165, 1.54) is 0 Å². The van der Waals surface area contributed by atoms with E-state index in [4.69, 9.17) is 26.3 Å². The molecule has 1 aliphatic rings. The molecule has 1 aliphatic heterocycles. The lowest BCUT2D eigenvalue weighted by atomic mass is 10.1. The van der Waals surface area contributed by atoms with Crippen molar-refractivity contribution >= 4 is 21.7 Å². The second-order valence-electron chi connectivity index (χ2n) is 5.35. The largest absolute Gasteiger partial charge is 0.468 e. The van der Waals surface area contributed by atoms with Crippen molar-refractivity contribution in [3.05, 3.63) is 46.5 Å². The van der Waals surface area contributed by atoms with Crippen LogP contribution in [0.15, 0.2) is 35.9 Å². The Hall–Kier alpha value is -1.40. The maximum Gasteiger partial charge on any atom is 0.309 e. The van der Waals surface area contributed by atoms with Crippen LogP contribution in [0.2, 0.25) is 5.02 Å². The van der Waals surface area contributed by atoms with E-state index in [0.29, 0.717) is 5.02 Å². The van der Waals surface area contributed by atoms with Gasteiger partial charge in [-0.3, -0.25) is 0 Å². The number of halogens is 1. The van der Waals surface area contributed by atoms with E-state index in [1.807, 2.05) is 12.1 Å². The lowest BCUT2D eigenvalue weighted by molar-refractivity contribution is 0.143. The molecule has 0 fully saturated rings. The Bertz CT molecular complexity index is 637. The Morgan fingerprint density at radius 3 is 2.57 bits per heavy atom. The molecule has 5 nitrogen and oxygen atoms in total. The number of hydrogen-bond acceptors (Lipinski definition) is 5. The third-order valence-corrected chi connectivity index (χ3v) is 4.70. The molecule has 0 amide bonds. The molecule has 1 atom stereocenters. The molecule has 1 aromatic carbocycles. The van der Waals surface area contributed by atoms with Crippen LogP contribution in [0.25, 0.3) is 0 Å². The van der Waals surface area contributed by atoms with Crippen molar-refractivity contribution in [1.29, 1.82) is 0 Å². The van der Waals surface area contributed by atoms with Gasteiger partial charge in [-0.1, -0.05) is 37.6 Å². The molecule has 0 aliphatic carbocycles. The van der Waals surface area contributed by atoms with Crippen LogP contribution in [0.3, 0.4) is 0 Å². The monoisotopic (exact) mass is 331 g/mol. The standard InChI is InChI=1S/C14H18ClNO4S/c1-9(2)8-21(17,18)20-13-7-12(19-14(13)16)10-3-5-11(15)6-4-10/h3-6,9,12H,7-8,16H2,1-2H3. The number of nitrogens with two attached hydrogens (primary N) is 1. The minimum Gasteiger partial charge on any atom is -0.468 e. The van der Waals surface area contributed by atoms with Gasteiger partial charge in [0.15, 0.2) is 5.76 Å². The van der Waals surface area contributed by atoms with E-state index in [9.17, 15) is 8.42 Å². The van der Waals surface area contributed by atoms with Crippen LogP contribution in [0, 0.1) is 5.92 Å². The summed E-state index contributed by atoms with van der Waals surface area (Å²) in [6.45, 7) is 3.61. The predicted octanol–water partition coefficient (Wildman–Crippen LogP) is 2.93.